The molecule has 48 heavy (non-hydrogen) atoms. The predicted molar refractivity (Wildman–Crippen MR) is 191 cm³/mol. The fourth-order valence-electron chi connectivity index (χ4n) is 5.45. The lowest BCUT2D eigenvalue weighted by atomic mass is 9.88. The van der Waals surface area contributed by atoms with E-state index >= 15 is 0 Å². The monoisotopic (exact) mass is 693 g/mol. The van der Waals surface area contributed by atoms with Crippen LogP contribution >= 0.6 is 11.3 Å². The van der Waals surface area contributed by atoms with Crippen molar-refractivity contribution in [2.75, 3.05) is 26.2 Å². The molecule has 4 N–H and O–H groups in total. The third-order valence-electron chi connectivity index (χ3n) is 7.92. The van der Waals surface area contributed by atoms with Crippen LogP contribution in [0.15, 0.2) is 89.3 Å². The zero-order valence-electron chi connectivity index (χ0n) is 28.1. The van der Waals surface area contributed by atoms with E-state index in [0.717, 1.165) is 15.8 Å². The number of nitrogens with zero attached hydrogens (tertiary/aromatic N) is 2. The summed E-state index contributed by atoms with van der Waals surface area (Å²) in [4.78, 5) is 29.8. The lowest BCUT2D eigenvalue weighted by molar-refractivity contribution is -0.125. The summed E-state index contributed by atoms with van der Waals surface area (Å²) in [5.74, 6) is -0.507. The van der Waals surface area contributed by atoms with Gasteiger partial charge in [0.15, 0.2) is 0 Å². The number of hydrogen-bond acceptors (Lipinski definition) is 8. The zero-order chi connectivity index (χ0) is 34.8. The number of aromatic nitrogens is 1. The van der Waals surface area contributed by atoms with Crippen LogP contribution in [0.25, 0.3) is 10.2 Å². The molecule has 0 aliphatic rings. The van der Waals surface area contributed by atoms with Gasteiger partial charge in [-0.15, -0.1) is 11.3 Å². The highest BCUT2D eigenvalue weighted by Gasteiger charge is 2.43. The molecule has 1 aromatic heterocycles. The van der Waals surface area contributed by atoms with Crippen molar-refractivity contribution in [2.24, 2.45) is 11.3 Å². The molecule has 4 rings (SSSR count). The number of carbonyl (C=O) groups excluding carboxylic acids is 2. The first-order chi connectivity index (χ1) is 22.8. The van der Waals surface area contributed by atoms with E-state index in [1.165, 1.54) is 21.7 Å². The smallest absolute Gasteiger partial charge is 0.245 e. The van der Waals surface area contributed by atoms with Crippen LogP contribution in [-0.4, -0.2) is 66.5 Å². The van der Waals surface area contributed by atoms with Crippen LogP contribution in [-0.2, 0) is 32.6 Å². The van der Waals surface area contributed by atoms with Crippen LogP contribution < -0.4 is 16.0 Å². The molecule has 1 heterocycles. The number of thiazole rings is 1. The molecule has 4 aromatic rings. The summed E-state index contributed by atoms with van der Waals surface area (Å²) >= 11 is 1.35. The van der Waals surface area contributed by atoms with Gasteiger partial charge >= 0.3 is 0 Å². The quantitative estimate of drug-likeness (QED) is 0.111. The molecule has 1 unspecified atom stereocenters. The van der Waals surface area contributed by atoms with Crippen molar-refractivity contribution in [3.05, 3.63) is 95.5 Å². The second-order valence-electron chi connectivity index (χ2n) is 13.4. The molecule has 1 atom stereocenters. The highest BCUT2D eigenvalue weighted by molar-refractivity contribution is 7.89. The van der Waals surface area contributed by atoms with Crippen molar-refractivity contribution in [1.29, 1.82) is 0 Å². The fourth-order valence-corrected chi connectivity index (χ4v) is 8.10. The third-order valence-corrected chi connectivity index (χ3v) is 10.6. The summed E-state index contributed by atoms with van der Waals surface area (Å²) in [7, 11) is -4.16. The Hall–Kier alpha value is -3.68. The summed E-state index contributed by atoms with van der Waals surface area (Å²) < 4.78 is 30.4. The van der Waals surface area contributed by atoms with Crippen molar-refractivity contribution >= 4 is 43.4 Å². The molecular weight excluding hydrogens is 647 g/mol. The highest BCUT2D eigenvalue weighted by atomic mass is 32.2. The molecule has 258 valence electrons. The number of fused-ring (bicyclic) bond motifs is 1. The van der Waals surface area contributed by atoms with Crippen LogP contribution in [0.4, 0.5) is 0 Å². The predicted octanol–water partition coefficient (Wildman–Crippen LogP) is 4.70. The fraction of sp³-hybridized carbons (Fsp3) is 0.417. The molecule has 12 heteroatoms. The number of nitrogens with one attached hydrogen (secondary N) is 3. The molecule has 0 aliphatic carbocycles. The highest BCUT2D eigenvalue weighted by Crippen LogP contribution is 2.32. The van der Waals surface area contributed by atoms with Gasteiger partial charge in [0.25, 0.3) is 0 Å². The number of carbonyl (C=O) groups is 2. The molecule has 0 spiro atoms. The molecule has 0 saturated heterocycles. The molecule has 2 amide bonds. The largest absolute Gasteiger partial charge is 0.374 e. The maximum Gasteiger partial charge on any atom is 0.245 e. The minimum atomic E-state index is -4.16. The van der Waals surface area contributed by atoms with E-state index in [-0.39, 0.29) is 61.5 Å². The number of amides is 2. The first kappa shape index (κ1) is 37.1. The second kappa shape index (κ2) is 16.6. The lowest BCUT2D eigenvalue weighted by Gasteiger charge is -2.40. The molecule has 0 bridgehead atoms. The van der Waals surface area contributed by atoms with Crippen molar-refractivity contribution in [1.82, 2.24) is 25.2 Å². The normalized spacial score (nSPS) is 13.5. The molecule has 10 nitrogen and oxygen atoms in total. The lowest BCUT2D eigenvalue weighted by Crippen LogP contribution is -2.55. The van der Waals surface area contributed by atoms with Crippen LogP contribution in [0.5, 0.6) is 0 Å². The van der Waals surface area contributed by atoms with Crippen molar-refractivity contribution < 1.29 is 23.1 Å². The topological polar surface area (TPSA) is 141 Å². The molecule has 0 radical (unpaired) electrons. The van der Waals surface area contributed by atoms with E-state index in [0.29, 0.717) is 18.6 Å². The van der Waals surface area contributed by atoms with E-state index < -0.39 is 21.2 Å². The Morgan fingerprint density at radius 2 is 1.60 bits per heavy atom. The maximum absolute atomic E-state index is 14.2. The molecule has 3 aromatic carbocycles. The first-order valence-electron chi connectivity index (χ1n) is 16.2. The number of benzene rings is 3. The van der Waals surface area contributed by atoms with E-state index in [4.69, 9.17) is 0 Å². The summed E-state index contributed by atoms with van der Waals surface area (Å²) in [6.07, 6.45) is 0.131. The van der Waals surface area contributed by atoms with Gasteiger partial charge in [-0.1, -0.05) is 88.4 Å². The van der Waals surface area contributed by atoms with Crippen molar-refractivity contribution in [2.45, 2.75) is 64.1 Å². The van der Waals surface area contributed by atoms with Gasteiger partial charge in [-0.3, -0.25) is 9.59 Å². The van der Waals surface area contributed by atoms with Crippen LogP contribution in [0, 0.1) is 11.3 Å². The summed E-state index contributed by atoms with van der Waals surface area (Å²) in [5, 5.41) is 21.2. The molecular formula is C36H47N5O5S2. The van der Waals surface area contributed by atoms with E-state index in [9.17, 15) is 23.1 Å². The van der Waals surface area contributed by atoms with Gasteiger partial charge in [-0.25, -0.2) is 13.4 Å². The van der Waals surface area contributed by atoms with Gasteiger partial charge in [0.05, 0.1) is 27.2 Å². The van der Waals surface area contributed by atoms with Crippen molar-refractivity contribution in [3.63, 3.8) is 0 Å². The average Bonchev–Trinajstić information content (AvgIpc) is 3.52. The minimum Gasteiger partial charge on any atom is -0.374 e. The first-order valence-corrected chi connectivity index (χ1v) is 18.5. The van der Waals surface area contributed by atoms with E-state index in [2.05, 4.69) is 20.9 Å². The Labute approximate surface area is 288 Å². The van der Waals surface area contributed by atoms with Crippen LogP contribution in [0.1, 0.15) is 51.7 Å². The summed E-state index contributed by atoms with van der Waals surface area (Å²) in [6.45, 7) is 8.76. The second-order valence-corrected chi connectivity index (χ2v) is 16.1. The van der Waals surface area contributed by atoms with Gasteiger partial charge < -0.3 is 21.1 Å². The Bertz CT molecular complexity index is 1750. The van der Waals surface area contributed by atoms with Crippen molar-refractivity contribution in [3.8, 4) is 0 Å². The van der Waals surface area contributed by atoms with Gasteiger partial charge in [0.1, 0.15) is 5.72 Å². The average molecular weight is 694 g/mol. The van der Waals surface area contributed by atoms with Crippen LogP contribution in [0.2, 0.25) is 0 Å². The SMILES string of the molecule is CC(C)CN(C(O)(CCNC(=O)CC(C)(C)CNC(=O)CNCc1ccccc1)Cc1ccccc1)S(=O)(=O)c1ccc2ncsc2c1. The minimum absolute atomic E-state index is 0.0351. The summed E-state index contributed by atoms with van der Waals surface area (Å²) in [6, 6.07) is 23.8. The van der Waals surface area contributed by atoms with Gasteiger partial charge in [-0.2, -0.15) is 4.31 Å². The Morgan fingerprint density at radius 3 is 2.27 bits per heavy atom. The van der Waals surface area contributed by atoms with E-state index in [1.54, 1.807) is 17.6 Å². The maximum atomic E-state index is 14.2. The standard InChI is InChI=1S/C36H47N5O5S2/c1-27(2)24-41(48(45,46)30-15-16-31-32(19-30)47-26-40-31)36(44,20-28-11-7-5-8-12-28)17-18-38-33(42)21-35(3,4)25-39-34(43)23-37-22-29-13-9-6-10-14-29/h5-16,19,26-27,37,44H,17-18,20-25H2,1-4H3,(H,38,42)(H,39,43). The van der Waals surface area contributed by atoms with Gasteiger partial charge in [0, 0.05) is 45.4 Å². The molecule has 0 saturated carbocycles. The number of rotatable bonds is 18. The zero-order valence-corrected chi connectivity index (χ0v) is 29.7. The molecule has 0 fully saturated rings. The molecule has 0 aliphatic heterocycles. The number of sulfonamides is 1. The Kier molecular flexibility index (Phi) is 12.9. The Morgan fingerprint density at radius 1 is 0.938 bits per heavy atom. The number of aliphatic hydroxyl groups is 1. The third kappa shape index (κ3) is 10.7. The summed E-state index contributed by atoms with van der Waals surface area (Å²) in [5.41, 5.74) is 1.85. The Balaban J connectivity index is 1.41. The van der Waals surface area contributed by atoms with Gasteiger partial charge in [-0.05, 0) is 40.7 Å². The van der Waals surface area contributed by atoms with E-state index in [1.807, 2.05) is 88.4 Å². The van der Waals surface area contributed by atoms with Crippen LogP contribution in [0.3, 0.4) is 0 Å². The number of hydrogen-bond donors (Lipinski definition) is 4. The van der Waals surface area contributed by atoms with Gasteiger partial charge in [0.2, 0.25) is 21.8 Å².